The fraction of sp³-hybridized carbons (Fsp3) is 0.556. The van der Waals surface area contributed by atoms with Gasteiger partial charge < -0.3 is 9.67 Å². The van der Waals surface area contributed by atoms with E-state index in [1.54, 1.807) is 0 Å². The second kappa shape index (κ2) is 7.42. The highest BCUT2D eigenvalue weighted by Gasteiger charge is 2.28. The van der Waals surface area contributed by atoms with Crippen LogP contribution < -0.4 is 0 Å². The van der Waals surface area contributed by atoms with Crippen LogP contribution in [0.1, 0.15) is 29.7 Å². The van der Waals surface area contributed by atoms with Crippen LogP contribution in [-0.2, 0) is 13.6 Å². The predicted molar refractivity (Wildman–Crippen MR) is 93.5 cm³/mol. The molecule has 1 aliphatic rings. The van der Waals surface area contributed by atoms with E-state index in [0.717, 1.165) is 43.3 Å². The summed E-state index contributed by atoms with van der Waals surface area (Å²) in [6.07, 6.45) is 0.700. The van der Waals surface area contributed by atoms with Crippen LogP contribution in [0.5, 0.6) is 0 Å². The minimum Gasteiger partial charge on any atom is -0.387 e. The molecule has 0 bridgehead atoms. The van der Waals surface area contributed by atoms with E-state index in [1.165, 1.54) is 0 Å². The molecule has 0 amide bonds. The maximum atomic E-state index is 10.4. The standard InChI is InChI=1S/C18H27N5O/c1-14-19-20-18(22(14)3)13-21(2)16-9-10-23(11-16)12-17(24)15-7-5-4-6-8-15/h4-8,16-17,24H,9-13H2,1-3H3/t16-,17+/m1/s1. The molecule has 1 aromatic carbocycles. The Labute approximate surface area is 143 Å². The Balaban J connectivity index is 1.52. The Kier molecular flexibility index (Phi) is 5.28. The zero-order chi connectivity index (χ0) is 17.1. The highest BCUT2D eigenvalue weighted by Crippen LogP contribution is 2.20. The van der Waals surface area contributed by atoms with Gasteiger partial charge in [-0.1, -0.05) is 30.3 Å². The van der Waals surface area contributed by atoms with Crippen LogP contribution in [0.15, 0.2) is 30.3 Å². The van der Waals surface area contributed by atoms with Crippen LogP contribution in [0.25, 0.3) is 0 Å². The van der Waals surface area contributed by atoms with Gasteiger partial charge in [0.2, 0.25) is 0 Å². The van der Waals surface area contributed by atoms with Gasteiger partial charge in [-0.25, -0.2) is 0 Å². The van der Waals surface area contributed by atoms with Gasteiger partial charge in [-0.3, -0.25) is 9.80 Å². The summed E-state index contributed by atoms with van der Waals surface area (Å²) in [5.74, 6) is 1.94. The van der Waals surface area contributed by atoms with Crippen LogP contribution in [0.3, 0.4) is 0 Å². The molecule has 0 unspecified atom stereocenters. The van der Waals surface area contributed by atoms with Crippen molar-refractivity contribution in [2.24, 2.45) is 7.05 Å². The van der Waals surface area contributed by atoms with E-state index in [-0.39, 0.29) is 0 Å². The molecule has 0 radical (unpaired) electrons. The summed E-state index contributed by atoms with van der Waals surface area (Å²) >= 11 is 0. The average molecular weight is 329 g/mol. The summed E-state index contributed by atoms with van der Waals surface area (Å²) in [6.45, 7) is 5.47. The van der Waals surface area contributed by atoms with Gasteiger partial charge in [0.15, 0.2) is 0 Å². The molecule has 0 spiro atoms. The molecule has 130 valence electrons. The first kappa shape index (κ1) is 17.1. The van der Waals surface area contributed by atoms with E-state index in [1.807, 2.05) is 48.9 Å². The number of nitrogens with zero attached hydrogens (tertiary/aromatic N) is 5. The number of likely N-dealkylation sites (tertiary alicyclic amines) is 1. The number of benzene rings is 1. The lowest BCUT2D eigenvalue weighted by atomic mass is 10.1. The van der Waals surface area contributed by atoms with E-state index in [9.17, 15) is 5.11 Å². The molecule has 1 aromatic heterocycles. The molecule has 1 fully saturated rings. The first-order chi connectivity index (χ1) is 11.5. The summed E-state index contributed by atoms with van der Waals surface area (Å²) in [7, 11) is 4.15. The van der Waals surface area contributed by atoms with Gasteiger partial charge in [-0.05, 0) is 32.5 Å². The number of rotatable bonds is 6. The zero-order valence-corrected chi connectivity index (χ0v) is 14.8. The largest absolute Gasteiger partial charge is 0.387 e. The third-order valence-electron chi connectivity index (χ3n) is 5.06. The SMILES string of the molecule is Cc1nnc(CN(C)[C@@H]2CCN(C[C@H](O)c3ccccc3)C2)n1C. The second-order valence-corrected chi connectivity index (χ2v) is 6.77. The Hall–Kier alpha value is -1.76. The topological polar surface area (TPSA) is 57.4 Å². The lowest BCUT2D eigenvalue weighted by Gasteiger charge is -2.25. The summed E-state index contributed by atoms with van der Waals surface area (Å²) in [5, 5.41) is 18.8. The number of hydrogen-bond donors (Lipinski definition) is 1. The number of hydrogen-bond acceptors (Lipinski definition) is 5. The minimum absolute atomic E-state index is 0.420. The summed E-state index contributed by atoms with van der Waals surface area (Å²) < 4.78 is 2.04. The lowest BCUT2D eigenvalue weighted by Crippen LogP contribution is -2.35. The highest BCUT2D eigenvalue weighted by atomic mass is 16.3. The van der Waals surface area contributed by atoms with Crippen LogP contribution in [0, 0.1) is 6.92 Å². The third-order valence-corrected chi connectivity index (χ3v) is 5.06. The van der Waals surface area contributed by atoms with Crippen molar-refractivity contribution in [3.8, 4) is 0 Å². The van der Waals surface area contributed by atoms with Gasteiger partial charge in [0.05, 0.1) is 12.6 Å². The van der Waals surface area contributed by atoms with Crippen molar-refractivity contribution in [3.05, 3.63) is 47.5 Å². The van der Waals surface area contributed by atoms with Gasteiger partial charge in [-0.2, -0.15) is 0 Å². The molecule has 2 heterocycles. The normalized spacial score (nSPS) is 20.0. The quantitative estimate of drug-likeness (QED) is 0.867. The first-order valence-electron chi connectivity index (χ1n) is 8.55. The summed E-state index contributed by atoms with van der Waals surface area (Å²) in [6, 6.07) is 10.4. The smallest absolute Gasteiger partial charge is 0.146 e. The molecular weight excluding hydrogens is 302 g/mol. The van der Waals surface area contributed by atoms with Gasteiger partial charge in [0.25, 0.3) is 0 Å². The van der Waals surface area contributed by atoms with E-state index >= 15 is 0 Å². The van der Waals surface area contributed by atoms with Gasteiger partial charge in [0.1, 0.15) is 11.6 Å². The molecule has 6 heteroatoms. The summed E-state index contributed by atoms with van der Waals surface area (Å²) in [4.78, 5) is 4.69. The van der Waals surface area contributed by atoms with Crippen molar-refractivity contribution in [1.29, 1.82) is 0 Å². The number of aliphatic hydroxyl groups excluding tert-OH is 1. The van der Waals surface area contributed by atoms with Crippen molar-refractivity contribution in [2.45, 2.75) is 32.0 Å². The Bertz CT molecular complexity index is 657. The molecule has 2 atom stereocenters. The van der Waals surface area contributed by atoms with Crippen LogP contribution in [-0.4, -0.2) is 62.4 Å². The maximum absolute atomic E-state index is 10.4. The molecule has 3 rings (SSSR count). The monoisotopic (exact) mass is 329 g/mol. The summed E-state index contributed by atoms with van der Waals surface area (Å²) in [5.41, 5.74) is 0.990. The lowest BCUT2D eigenvalue weighted by molar-refractivity contribution is 0.120. The van der Waals surface area contributed by atoms with E-state index in [0.29, 0.717) is 12.6 Å². The van der Waals surface area contributed by atoms with Crippen molar-refractivity contribution in [1.82, 2.24) is 24.6 Å². The van der Waals surface area contributed by atoms with Gasteiger partial charge in [0, 0.05) is 26.2 Å². The van der Waals surface area contributed by atoms with Crippen LogP contribution in [0.2, 0.25) is 0 Å². The van der Waals surface area contributed by atoms with E-state index in [4.69, 9.17) is 0 Å². The average Bonchev–Trinajstić information content (AvgIpc) is 3.18. The molecule has 24 heavy (non-hydrogen) atoms. The minimum atomic E-state index is -0.420. The van der Waals surface area contributed by atoms with Gasteiger partial charge in [-0.15, -0.1) is 10.2 Å². The predicted octanol–water partition coefficient (Wildman–Crippen LogP) is 1.36. The number of aryl methyl sites for hydroxylation is 1. The third kappa shape index (κ3) is 3.83. The maximum Gasteiger partial charge on any atom is 0.146 e. The molecule has 0 aliphatic carbocycles. The van der Waals surface area contributed by atoms with Crippen LogP contribution >= 0.6 is 0 Å². The molecule has 1 N–H and O–H groups in total. The van der Waals surface area contributed by atoms with Crippen molar-refractivity contribution in [3.63, 3.8) is 0 Å². The Morgan fingerprint density at radius 3 is 2.71 bits per heavy atom. The molecule has 1 aliphatic heterocycles. The molecule has 2 aromatic rings. The zero-order valence-electron chi connectivity index (χ0n) is 14.8. The molecule has 0 saturated carbocycles. The fourth-order valence-electron chi connectivity index (χ4n) is 3.30. The molecule has 1 saturated heterocycles. The second-order valence-electron chi connectivity index (χ2n) is 6.77. The Morgan fingerprint density at radius 1 is 1.29 bits per heavy atom. The highest BCUT2D eigenvalue weighted by molar-refractivity contribution is 5.17. The Morgan fingerprint density at radius 2 is 2.04 bits per heavy atom. The van der Waals surface area contributed by atoms with Gasteiger partial charge >= 0.3 is 0 Å². The molecular formula is C18H27N5O. The van der Waals surface area contributed by atoms with Crippen molar-refractivity contribution < 1.29 is 5.11 Å². The van der Waals surface area contributed by atoms with Crippen molar-refractivity contribution in [2.75, 3.05) is 26.7 Å². The van der Waals surface area contributed by atoms with E-state index in [2.05, 4.69) is 27.0 Å². The van der Waals surface area contributed by atoms with Crippen molar-refractivity contribution >= 4 is 0 Å². The molecule has 6 nitrogen and oxygen atoms in total. The first-order valence-corrected chi connectivity index (χ1v) is 8.55. The number of likely N-dealkylation sites (N-methyl/N-ethyl adjacent to an activating group) is 1. The fourth-order valence-corrected chi connectivity index (χ4v) is 3.30. The van der Waals surface area contributed by atoms with E-state index < -0.39 is 6.10 Å². The number of β-amino-alcohol motifs (C(OH)–C–C–N with tert-alkyl or cyclic N) is 1. The number of aromatic nitrogens is 3. The van der Waals surface area contributed by atoms with Crippen LogP contribution in [0.4, 0.5) is 0 Å². The number of aliphatic hydroxyl groups is 1.